The van der Waals surface area contributed by atoms with E-state index in [4.69, 9.17) is 4.74 Å². The number of hydrogen-bond acceptors (Lipinski definition) is 3. The Kier molecular flexibility index (Phi) is 5.51. The minimum atomic E-state index is -0.614. The molecular formula is C9H17O3. The lowest BCUT2D eigenvalue weighted by atomic mass is 10.2. The highest BCUT2D eigenvalue weighted by Crippen LogP contribution is 2.01. The van der Waals surface area contributed by atoms with E-state index in [0.717, 1.165) is 0 Å². The van der Waals surface area contributed by atoms with Crippen LogP contribution in [0.25, 0.3) is 0 Å². The van der Waals surface area contributed by atoms with E-state index in [1.807, 2.05) is 27.7 Å². The Morgan fingerprint density at radius 1 is 1.33 bits per heavy atom. The van der Waals surface area contributed by atoms with Crippen LogP contribution in [0.3, 0.4) is 0 Å². The van der Waals surface area contributed by atoms with Crippen LogP contribution in [0.4, 0.5) is 4.79 Å². The summed E-state index contributed by atoms with van der Waals surface area (Å²) in [7, 11) is 0. The fourth-order valence-electron chi connectivity index (χ4n) is 0.460. The second kappa shape index (κ2) is 5.86. The largest absolute Gasteiger partial charge is 0.508 e. The number of hydrogen-bond donors (Lipinski definition) is 0. The molecule has 0 bridgehead atoms. The molecule has 71 valence electrons. The second-order valence-electron chi connectivity index (χ2n) is 3.45. The molecule has 0 unspecified atom stereocenters. The molecule has 12 heavy (non-hydrogen) atoms. The van der Waals surface area contributed by atoms with E-state index in [2.05, 4.69) is 4.74 Å². The molecular weight excluding hydrogens is 156 g/mol. The highest BCUT2D eigenvalue weighted by molar-refractivity contribution is 5.60. The summed E-state index contributed by atoms with van der Waals surface area (Å²) in [5, 5.41) is 0. The van der Waals surface area contributed by atoms with Gasteiger partial charge in [0.05, 0.1) is 6.61 Å². The van der Waals surface area contributed by atoms with Crippen molar-refractivity contribution in [1.82, 2.24) is 0 Å². The average molecular weight is 173 g/mol. The summed E-state index contributed by atoms with van der Waals surface area (Å²) >= 11 is 0. The van der Waals surface area contributed by atoms with E-state index in [0.29, 0.717) is 12.5 Å². The molecule has 0 rings (SSSR count). The summed E-state index contributed by atoms with van der Waals surface area (Å²) < 4.78 is 9.43. The Labute approximate surface area is 74.0 Å². The van der Waals surface area contributed by atoms with Crippen LogP contribution < -0.4 is 0 Å². The van der Waals surface area contributed by atoms with Crippen LogP contribution in [0.5, 0.6) is 0 Å². The smallest absolute Gasteiger partial charge is 0.434 e. The van der Waals surface area contributed by atoms with Gasteiger partial charge in [-0.2, -0.15) is 0 Å². The first kappa shape index (κ1) is 11.3. The van der Waals surface area contributed by atoms with Gasteiger partial charge in [0.15, 0.2) is 0 Å². The first-order valence-electron chi connectivity index (χ1n) is 4.19. The molecule has 0 aliphatic rings. The van der Waals surface area contributed by atoms with Crippen molar-refractivity contribution in [3.05, 3.63) is 6.61 Å². The summed E-state index contributed by atoms with van der Waals surface area (Å²) in [6.45, 7) is 9.66. The Hall–Kier alpha value is -0.730. The third kappa shape index (κ3) is 7.38. The fraction of sp³-hybridized carbons (Fsp3) is 0.778. The molecule has 0 spiro atoms. The molecule has 0 aromatic rings. The monoisotopic (exact) mass is 173 g/mol. The van der Waals surface area contributed by atoms with Gasteiger partial charge < -0.3 is 9.47 Å². The number of ether oxygens (including phenoxy) is 2. The molecule has 0 N–H and O–H groups in total. The van der Waals surface area contributed by atoms with Crippen LogP contribution in [0.15, 0.2) is 0 Å². The van der Waals surface area contributed by atoms with Crippen LogP contribution in [0.1, 0.15) is 27.7 Å². The second-order valence-corrected chi connectivity index (χ2v) is 3.45. The predicted molar refractivity (Wildman–Crippen MR) is 46.4 cm³/mol. The van der Waals surface area contributed by atoms with Crippen molar-refractivity contribution in [2.24, 2.45) is 11.8 Å². The van der Waals surface area contributed by atoms with Crippen molar-refractivity contribution in [2.75, 3.05) is 6.61 Å². The van der Waals surface area contributed by atoms with Crippen LogP contribution in [0, 0.1) is 18.4 Å². The maximum Gasteiger partial charge on any atom is 0.508 e. The summed E-state index contributed by atoms with van der Waals surface area (Å²) in [6.07, 6.45) is -0.614. The zero-order valence-electron chi connectivity index (χ0n) is 8.16. The zero-order chi connectivity index (χ0) is 9.56. The average Bonchev–Trinajstić information content (AvgIpc) is 1.96. The minimum absolute atomic E-state index is 0.233. The molecule has 0 atom stereocenters. The van der Waals surface area contributed by atoms with E-state index in [1.54, 1.807) is 0 Å². The highest BCUT2D eigenvalue weighted by atomic mass is 16.7. The van der Waals surface area contributed by atoms with Crippen LogP contribution >= 0.6 is 0 Å². The molecule has 3 heteroatoms. The van der Waals surface area contributed by atoms with Crippen molar-refractivity contribution >= 4 is 6.16 Å². The van der Waals surface area contributed by atoms with Gasteiger partial charge >= 0.3 is 6.16 Å². The molecule has 0 aliphatic carbocycles. The lowest BCUT2D eigenvalue weighted by Crippen LogP contribution is -2.11. The van der Waals surface area contributed by atoms with Gasteiger partial charge in [0, 0.05) is 0 Å². The molecule has 0 aliphatic heterocycles. The molecule has 0 heterocycles. The molecule has 3 nitrogen and oxygen atoms in total. The summed E-state index contributed by atoms with van der Waals surface area (Å²) in [6, 6.07) is 0. The molecule has 0 saturated heterocycles. The SMILES string of the molecule is CC(C)[CH]OC(=O)OCC(C)C. The molecule has 0 fully saturated rings. The van der Waals surface area contributed by atoms with Gasteiger partial charge in [-0.25, -0.2) is 4.79 Å². The fourth-order valence-corrected chi connectivity index (χ4v) is 0.460. The van der Waals surface area contributed by atoms with Crippen LogP contribution in [0.2, 0.25) is 0 Å². The standard InChI is InChI=1S/C9H17O3/c1-7(2)5-11-9(10)12-6-8(3)4/h5,7-8H,6H2,1-4H3. The third-order valence-electron chi connectivity index (χ3n) is 0.971. The lowest BCUT2D eigenvalue weighted by molar-refractivity contribution is 0.0598. The van der Waals surface area contributed by atoms with E-state index in [-0.39, 0.29) is 5.92 Å². The van der Waals surface area contributed by atoms with E-state index in [9.17, 15) is 4.79 Å². The summed E-state index contributed by atoms with van der Waals surface area (Å²) in [4.78, 5) is 10.8. The maximum atomic E-state index is 10.8. The van der Waals surface area contributed by atoms with Crippen LogP contribution in [-0.4, -0.2) is 12.8 Å². The first-order chi connectivity index (χ1) is 5.52. The van der Waals surface area contributed by atoms with Gasteiger partial charge in [0.2, 0.25) is 0 Å². The summed E-state index contributed by atoms with van der Waals surface area (Å²) in [5.41, 5.74) is 0. The topological polar surface area (TPSA) is 35.5 Å². The normalized spacial score (nSPS) is 10.5. The van der Waals surface area contributed by atoms with Gasteiger partial charge in [-0.05, 0) is 11.8 Å². The Morgan fingerprint density at radius 3 is 2.33 bits per heavy atom. The third-order valence-corrected chi connectivity index (χ3v) is 0.971. The van der Waals surface area contributed by atoms with Crippen molar-refractivity contribution in [1.29, 1.82) is 0 Å². The Balaban J connectivity index is 3.34. The lowest BCUT2D eigenvalue weighted by Gasteiger charge is -2.08. The van der Waals surface area contributed by atoms with Gasteiger partial charge in [0.25, 0.3) is 0 Å². The van der Waals surface area contributed by atoms with Crippen molar-refractivity contribution in [2.45, 2.75) is 27.7 Å². The first-order valence-corrected chi connectivity index (χ1v) is 4.19. The van der Waals surface area contributed by atoms with Gasteiger partial charge in [-0.1, -0.05) is 27.7 Å². The Bertz CT molecular complexity index is 116. The van der Waals surface area contributed by atoms with Crippen molar-refractivity contribution < 1.29 is 14.3 Å². The Morgan fingerprint density at radius 2 is 1.92 bits per heavy atom. The molecule has 0 aromatic heterocycles. The van der Waals surface area contributed by atoms with E-state index < -0.39 is 6.16 Å². The van der Waals surface area contributed by atoms with Crippen molar-refractivity contribution in [3.8, 4) is 0 Å². The van der Waals surface area contributed by atoms with E-state index >= 15 is 0 Å². The molecule has 1 radical (unpaired) electrons. The van der Waals surface area contributed by atoms with Gasteiger partial charge in [0.1, 0.15) is 6.61 Å². The predicted octanol–water partition coefficient (Wildman–Crippen LogP) is 2.61. The maximum absolute atomic E-state index is 10.8. The van der Waals surface area contributed by atoms with Crippen LogP contribution in [-0.2, 0) is 9.47 Å². The number of carbonyl (C=O) groups is 1. The number of rotatable bonds is 4. The van der Waals surface area contributed by atoms with Crippen molar-refractivity contribution in [3.63, 3.8) is 0 Å². The highest BCUT2D eigenvalue weighted by Gasteiger charge is 2.06. The zero-order valence-corrected chi connectivity index (χ0v) is 8.16. The molecule has 0 saturated carbocycles. The molecule has 0 aromatic carbocycles. The van der Waals surface area contributed by atoms with Gasteiger partial charge in [-0.3, -0.25) is 0 Å². The quantitative estimate of drug-likeness (QED) is 0.613. The minimum Gasteiger partial charge on any atom is -0.434 e. The van der Waals surface area contributed by atoms with Gasteiger partial charge in [-0.15, -0.1) is 0 Å². The van der Waals surface area contributed by atoms with E-state index in [1.165, 1.54) is 6.61 Å². The molecule has 0 amide bonds. The number of carbonyl (C=O) groups excluding carboxylic acids is 1. The summed E-state index contributed by atoms with van der Waals surface area (Å²) in [5.74, 6) is 0.577.